The zero-order valence-electron chi connectivity index (χ0n) is 16.3. The summed E-state index contributed by atoms with van der Waals surface area (Å²) in [6.45, 7) is 5.31. The second-order valence-electron chi connectivity index (χ2n) is 6.59. The molecule has 0 unspecified atom stereocenters. The maximum atomic E-state index is 13.0. The Balaban J connectivity index is 2.20. The molecule has 0 bridgehead atoms. The van der Waals surface area contributed by atoms with Gasteiger partial charge in [0.05, 0.1) is 10.6 Å². The van der Waals surface area contributed by atoms with Crippen molar-refractivity contribution in [1.29, 1.82) is 0 Å². The van der Waals surface area contributed by atoms with Gasteiger partial charge in [-0.3, -0.25) is 9.10 Å². The lowest BCUT2D eigenvalue weighted by Gasteiger charge is -2.23. The van der Waals surface area contributed by atoms with Crippen LogP contribution in [0.1, 0.15) is 22.8 Å². The molecule has 27 heavy (non-hydrogen) atoms. The van der Waals surface area contributed by atoms with Crippen molar-refractivity contribution in [2.24, 2.45) is 0 Å². The molecule has 2 aromatic carbocycles. The molecule has 0 saturated carbocycles. The van der Waals surface area contributed by atoms with Crippen LogP contribution in [0.2, 0.25) is 0 Å². The van der Waals surface area contributed by atoms with Crippen molar-refractivity contribution in [2.45, 2.75) is 18.7 Å². The topological polar surface area (TPSA) is 69.7 Å². The van der Waals surface area contributed by atoms with Crippen molar-refractivity contribution >= 4 is 21.6 Å². The minimum atomic E-state index is -3.70. The zero-order chi connectivity index (χ0) is 20.0. The number of carbonyl (C=O) groups is 1. The van der Waals surface area contributed by atoms with Crippen LogP contribution in [0.4, 0.5) is 5.69 Å². The van der Waals surface area contributed by atoms with Crippen molar-refractivity contribution in [3.63, 3.8) is 0 Å². The van der Waals surface area contributed by atoms with Crippen LogP contribution in [-0.4, -0.2) is 53.0 Å². The first-order valence-electron chi connectivity index (χ1n) is 8.88. The molecule has 0 spiro atoms. The van der Waals surface area contributed by atoms with Crippen LogP contribution in [0, 0.1) is 6.92 Å². The van der Waals surface area contributed by atoms with Gasteiger partial charge in [-0.25, -0.2) is 8.42 Å². The highest BCUT2D eigenvalue weighted by molar-refractivity contribution is 7.92. The number of nitrogens with one attached hydrogen (secondary N) is 1. The highest BCUT2D eigenvalue weighted by Crippen LogP contribution is 2.24. The van der Waals surface area contributed by atoms with Gasteiger partial charge in [0.15, 0.2) is 0 Å². The van der Waals surface area contributed by atoms with E-state index in [1.54, 1.807) is 25.1 Å². The van der Waals surface area contributed by atoms with E-state index in [2.05, 4.69) is 5.32 Å². The lowest BCUT2D eigenvalue weighted by atomic mass is 10.2. The Bertz CT molecular complexity index is 878. The van der Waals surface area contributed by atoms with Gasteiger partial charge < -0.3 is 10.2 Å². The summed E-state index contributed by atoms with van der Waals surface area (Å²) in [6, 6.07) is 13.4. The number of amides is 1. The maximum Gasteiger partial charge on any atom is 0.264 e. The number of rotatable bonds is 8. The van der Waals surface area contributed by atoms with Gasteiger partial charge in [-0.05, 0) is 69.9 Å². The molecule has 2 rings (SSSR count). The summed E-state index contributed by atoms with van der Waals surface area (Å²) in [6.07, 6.45) is 0. The van der Waals surface area contributed by atoms with E-state index in [0.29, 0.717) is 24.3 Å². The summed E-state index contributed by atoms with van der Waals surface area (Å²) in [5.41, 5.74) is 2.06. The van der Waals surface area contributed by atoms with Crippen LogP contribution in [-0.2, 0) is 10.0 Å². The number of anilines is 1. The lowest BCUT2D eigenvalue weighted by molar-refractivity contribution is 0.0951. The maximum absolute atomic E-state index is 13.0. The van der Waals surface area contributed by atoms with E-state index in [1.807, 2.05) is 44.1 Å². The summed E-state index contributed by atoms with van der Waals surface area (Å²) in [7, 11) is 0.164. The van der Waals surface area contributed by atoms with Crippen molar-refractivity contribution < 1.29 is 13.2 Å². The molecule has 0 aliphatic carbocycles. The molecular formula is C20H27N3O3S. The average Bonchev–Trinajstić information content (AvgIpc) is 2.62. The number of likely N-dealkylation sites (N-methyl/N-ethyl adjacent to an activating group) is 1. The Morgan fingerprint density at radius 1 is 1.07 bits per heavy atom. The number of aryl methyl sites for hydroxylation is 1. The van der Waals surface area contributed by atoms with Gasteiger partial charge in [0.1, 0.15) is 0 Å². The van der Waals surface area contributed by atoms with E-state index >= 15 is 0 Å². The van der Waals surface area contributed by atoms with Crippen LogP contribution in [0.5, 0.6) is 0 Å². The molecule has 0 aliphatic heterocycles. The Morgan fingerprint density at radius 2 is 1.74 bits per heavy atom. The van der Waals surface area contributed by atoms with Gasteiger partial charge in [0, 0.05) is 25.2 Å². The standard InChI is InChI=1S/C20H27N3O3S/c1-5-23(18-8-6-7-16(2)15-18)27(25,26)19-11-9-17(10-12-19)20(24)21-13-14-22(3)4/h6-12,15H,5,13-14H2,1-4H3,(H,21,24). The van der Waals surface area contributed by atoms with Gasteiger partial charge in [0.25, 0.3) is 15.9 Å². The number of hydrogen-bond acceptors (Lipinski definition) is 4. The van der Waals surface area contributed by atoms with E-state index in [1.165, 1.54) is 16.4 Å². The van der Waals surface area contributed by atoms with E-state index in [0.717, 1.165) is 12.1 Å². The Morgan fingerprint density at radius 3 is 2.30 bits per heavy atom. The third-order valence-electron chi connectivity index (χ3n) is 4.13. The Hall–Kier alpha value is -2.38. The predicted octanol–water partition coefficient (Wildman–Crippen LogP) is 2.50. The molecule has 146 valence electrons. The molecule has 0 fully saturated rings. The highest BCUT2D eigenvalue weighted by Gasteiger charge is 2.23. The summed E-state index contributed by atoms with van der Waals surface area (Å²) < 4.78 is 27.4. The van der Waals surface area contributed by atoms with Crippen molar-refractivity contribution in [1.82, 2.24) is 10.2 Å². The first-order chi connectivity index (χ1) is 12.8. The monoisotopic (exact) mass is 389 g/mol. The van der Waals surface area contributed by atoms with Crippen molar-refractivity contribution in [3.8, 4) is 0 Å². The van der Waals surface area contributed by atoms with E-state index in [4.69, 9.17) is 0 Å². The fraction of sp³-hybridized carbons (Fsp3) is 0.350. The fourth-order valence-electron chi connectivity index (χ4n) is 2.68. The molecule has 0 aliphatic rings. The number of benzene rings is 2. The molecule has 0 saturated heterocycles. The van der Waals surface area contributed by atoms with E-state index in [-0.39, 0.29) is 10.8 Å². The first-order valence-corrected chi connectivity index (χ1v) is 10.3. The van der Waals surface area contributed by atoms with Gasteiger partial charge in [-0.1, -0.05) is 12.1 Å². The largest absolute Gasteiger partial charge is 0.351 e. The number of nitrogens with zero attached hydrogens (tertiary/aromatic N) is 2. The molecule has 0 heterocycles. The second-order valence-corrected chi connectivity index (χ2v) is 8.45. The van der Waals surface area contributed by atoms with Crippen LogP contribution in [0.3, 0.4) is 0 Å². The molecule has 1 amide bonds. The van der Waals surface area contributed by atoms with E-state index in [9.17, 15) is 13.2 Å². The molecular weight excluding hydrogens is 362 g/mol. The third kappa shape index (κ3) is 5.30. The molecule has 7 heteroatoms. The Labute approximate surface area is 161 Å². The summed E-state index contributed by atoms with van der Waals surface area (Å²) in [5.74, 6) is -0.216. The van der Waals surface area contributed by atoms with Crippen molar-refractivity contribution in [2.75, 3.05) is 38.0 Å². The van der Waals surface area contributed by atoms with Crippen LogP contribution in [0.25, 0.3) is 0 Å². The molecule has 6 nitrogen and oxygen atoms in total. The van der Waals surface area contributed by atoms with Gasteiger partial charge in [-0.2, -0.15) is 0 Å². The van der Waals surface area contributed by atoms with Gasteiger partial charge in [0.2, 0.25) is 0 Å². The lowest BCUT2D eigenvalue weighted by Crippen LogP contribution is -2.32. The Kier molecular flexibility index (Phi) is 6.98. The molecule has 0 atom stereocenters. The normalized spacial score (nSPS) is 11.4. The highest BCUT2D eigenvalue weighted by atomic mass is 32.2. The van der Waals surface area contributed by atoms with Crippen LogP contribution >= 0.6 is 0 Å². The average molecular weight is 390 g/mol. The second kappa shape index (κ2) is 9.01. The summed E-state index contributed by atoms with van der Waals surface area (Å²) >= 11 is 0. The minimum absolute atomic E-state index is 0.163. The minimum Gasteiger partial charge on any atom is -0.351 e. The molecule has 2 aromatic rings. The molecule has 0 radical (unpaired) electrons. The number of hydrogen-bond donors (Lipinski definition) is 1. The first kappa shape index (κ1) is 20.9. The predicted molar refractivity (Wildman–Crippen MR) is 109 cm³/mol. The fourth-order valence-corrected chi connectivity index (χ4v) is 4.14. The van der Waals surface area contributed by atoms with E-state index < -0.39 is 10.0 Å². The number of sulfonamides is 1. The number of carbonyl (C=O) groups excluding carboxylic acids is 1. The third-order valence-corrected chi connectivity index (χ3v) is 6.04. The quantitative estimate of drug-likeness (QED) is 0.753. The zero-order valence-corrected chi connectivity index (χ0v) is 17.1. The summed E-state index contributed by atoms with van der Waals surface area (Å²) in [5, 5.41) is 2.81. The van der Waals surface area contributed by atoms with Crippen molar-refractivity contribution in [3.05, 3.63) is 59.7 Å². The summed E-state index contributed by atoms with van der Waals surface area (Å²) in [4.78, 5) is 14.3. The molecule has 1 N–H and O–H groups in total. The van der Waals surface area contributed by atoms with Crippen LogP contribution < -0.4 is 9.62 Å². The van der Waals surface area contributed by atoms with Gasteiger partial charge >= 0.3 is 0 Å². The van der Waals surface area contributed by atoms with Crippen LogP contribution in [0.15, 0.2) is 53.4 Å². The van der Waals surface area contributed by atoms with Gasteiger partial charge in [-0.15, -0.1) is 0 Å². The SMILES string of the molecule is CCN(c1cccc(C)c1)S(=O)(=O)c1ccc(C(=O)NCCN(C)C)cc1. The molecule has 0 aromatic heterocycles. The smallest absolute Gasteiger partial charge is 0.264 e.